The van der Waals surface area contributed by atoms with E-state index in [1.165, 1.54) is 24.3 Å². The van der Waals surface area contributed by atoms with Gasteiger partial charge in [-0.15, -0.1) is 0 Å². The predicted octanol–water partition coefficient (Wildman–Crippen LogP) is 3.32. The highest BCUT2D eigenvalue weighted by molar-refractivity contribution is 6.23. The van der Waals surface area contributed by atoms with Crippen molar-refractivity contribution in [2.45, 2.75) is 34.1 Å². The van der Waals surface area contributed by atoms with Gasteiger partial charge < -0.3 is 0 Å². The molecular weight excluding hydrogens is 316 g/mol. The van der Waals surface area contributed by atoms with Gasteiger partial charge in [-0.05, 0) is 56.6 Å². The molecule has 0 aromatic carbocycles. The van der Waals surface area contributed by atoms with Gasteiger partial charge >= 0.3 is 0 Å². The van der Waals surface area contributed by atoms with E-state index in [-0.39, 0.29) is 30.6 Å². The van der Waals surface area contributed by atoms with Crippen molar-refractivity contribution in [1.29, 1.82) is 0 Å². The summed E-state index contributed by atoms with van der Waals surface area (Å²) in [6.07, 6.45) is 10.4. The van der Waals surface area contributed by atoms with Gasteiger partial charge in [0.1, 0.15) is 0 Å². The lowest BCUT2D eigenvalue weighted by atomic mass is 9.94. The molecule has 0 aromatic heterocycles. The maximum absolute atomic E-state index is 11.3. The summed E-state index contributed by atoms with van der Waals surface area (Å²) in [5.41, 5.74) is 4.58. The fourth-order valence-corrected chi connectivity index (χ4v) is 3.14. The fourth-order valence-electron chi connectivity index (χ4n) is 3.14. The lowest BCUT2D eigenvalue weighted by molar-refractivity contribution is -0.115. The zero-order chi connectivity index (χ0) is 17.4. The van der Waals surface area contributed by atoms with Gasteiger partial charge in [0.2, 0.25) is 0 Å². The molecule has 4 aliphatic rings. The van der Waals surface area contributed by atoms with Crippen molar-refractivity contribution in [1.82, 2.24) is 0 Å². The van der Waals surface area contributed by atoms with Crippen LogP contribution in [0.1, 0.15) is 34.1 Å². The van der Waals surface area contributed by atoms with Crippen LogP contribution in [0.4, 0.5) is 0 Å². The Bertz CT molecular complexity index is 883. The Hall–Kier alpha value is -2.88. The second kappa shape index (κ2) is 6.93. The Labute approximate surface area is 147 Å². The minimum absolute atomic E-state index is 0. The molecule has 0 saturated heterocycles. The van der Waals surface area contributed by atoms with Gasteiger partial charge in [0, 0.05) is 22.3 Å². The second-order valence-electron chi connectivity index (χ2n) is 6.13. The standard InChI is InChI=1S/2C10H8O2.CH4/c1-6-4-7-8(5-6)10(12)3-2-9(7)11;1-6-2-3-7-8(11)4-5-9(12)10(6)7;/h2-4H,5H2,1H3;2,4-5H,3H2,1H3;1H4. The summed E-state index contributed by atoms with van der Waals surface area (Å²) >= 11 is 0. The molecule has 0 amide bonds. The first-order chi connectivity index (χ1) is 11.4. The van der Waals surface area contributed by atoms with E-state index in [1.807, 2.05) is 19.9 Å². The second-order valence-corrected chi connectivity index (χ2v) is 6.13. The summed E-state index contributed by atoms with van der Waals surface area (Å²) < 4.78 is 0. The first kappa shape index (κ1) is 18.5. The van der Waals surface area contributed by atoms with Gasteiger partial charge in [-0.2, -0.15) is 0 Å². The number of rotatable bonds is 0. The zero-order valence-corrected chi connectivity index (χ0v) is 13.5. The minimum Gasteiger partial charge on any atom is -0.290 e. The number of hydrogen-bond donors (Lipinski definition) is 0. The van der Waals surface area contributed by atoms with Gasteiger partial charge in [-0.1, -0.05) is 25.2 Å². The summed E-state index contributed by atoms with van der Waals surface area (Å²) in [6, 6.07) is 0. The molecule has 4 aliphatic carbocycles. The molecule has 0 bridgehead atoms. The summed E-state index contributed by atoms with van der Waals surface area (Å²) in [5.74, 6) is -0.104. The van der Waals surface area contributed by atoms with Crippen LogP contribution in [0.5, 0.6) is 0 Å². The summed E-state index contributed by atoms with van der Waals surface area (Å²) in [5, 5.41) is 0. The molecule has 4 nitrogen and oxygen atoms in total. The smallest absolute Gasteiger partial charge is 0.186 e. The van der Waals surface area contributed by atoms with Gasteiger partial charge in [-0.25, -0.2) is 0 Å². The van der Waals surface area contributed by atoms with Crippen LogP contribution in [0.25, 0.3) is 0 Å². The molecule has 0 atom stereocenters. The quantitative estimate of drug-likeness (QED) is 0.636. The Morgan fingerprint density at radius 3 is 1.92 bits per heavy atom. The number of carbonyl (C=O) groups is 4. The third-order valence-electron chi connectivity index (χ3n) is 4.36. The molecule has 0 unspecified atom stereocenters. The average molecular weight is 336 g/mol. The molecule has 0 heterocycles. The Morgan fingerprint density at radius 2 is 1.32 bits per heavy atom. The topological polar surface area (TPSA) is 68.3 Å². The van der Waals surface area contributed by atoms with Gasteiger partial charge in [0.05, 0.1) is 0 Å². The first-order valence-corrected chi connectivity index (χ1v) is 7.72. The minimum atomic E-state index is -0.0403. The maximum Gasteiger partial charge on any atom is 0.186 e. The van der Waals surface area contributed by atoms with Crippen molar-refractivity contribution in [2.24, 2.45) is 0 Å². The number of hydrogen-bond acceptors (Lipinski definition) is 4. The monoisotopic (exact) mass is 336 g/mol. The third-order valence-corrected chi connectivity index (χ3v) is 4.36. The van der Waals surface area contributed by atoms with E-state index in [1.54, 1.807) is 6.08 Å². The molecule has 25 heavy (non-hydrogen) atoms. The molecule has 0 N–H and O–H groups in total. The normalized spacial score (nSPS) is 20.7. The van der Waals surface area contributed by atoms with E-state index in [2.05, 4.69) is 0 Å². The molecule has 4 heteroatoms. The van der Waals surface area contributed by atoms with E-state index in [0.29, 0.717) is 35.1 Å². The van der Waals surface area contributed by atoms with E-state index >= 15 is 0 Å². The molecule has 0 aromatic rings. The van der Waals surface area contributed by atoms with Gasteiger partial charge in [0.25, 0.3) is 0 Å². The van der Waals surface area contributed by atoms with Crippen LogP contribution in [0.15, 0.2) is 69.9 Å². The van der Waals surface area contributed by atoms with Crippen molar-refractivity contribution in [2.75, 3.05) is 0 Å². The molecule has 0 radical (unpaired) electrons. The maximum atomic E-state index is 11.3. The molecule has 128 valence electrons. The van der Waals surface area contributed by atoms with Crippen LogP contribution in [-0.4, -0.2) is 23.1 Å². The Balaban J connectivity index is 0.000000173. The van der Waals surface area contributed by atoms with Crippen molar-refractivity contribution < 1.29 is 19.2 Å². The largest absolute Gasteiger partial charge is 0.290 e. The van der Waals surface area contributed by atoms with Crippen molar-refractivity contribution in [3.05, 3.63) is 69.9 Å². The zero-order valence-electron chi connectivity index (χ0n) is 13.5. The fraction of sp³-hybridized carbons (Fsp3) is 0.238. The van der Waals surface area contributed by atoms with Crippen molar-refractivity contribution in [3.8, 4) is 0 Å². The first-order valence-electron chi connectivity index (χ1n) is 7.72. The summed E-state index contributed by atoms with van der Waals surface area (Å²) in [4.78, 5) is 45.0. The molecule has 4 rings (SSSR count). The predicted molar refractivity (Wildman–Crippen MR) is 95.8 cm³/mol. The van der Waals surface area contributed by atoms with Crippen LogP contribution in [0, 0.1) is 0 Å². The highest BCUT2D eigenvalue weighted by Gasteiger charge is 2.26. The third kappa shape index (κ3) is 3.33. The number of carbonyl (C=O) groups excluding carboxylic acids is 4. The highest BCUT2D eigenvalue weighted by Crippen LogP contribution is 2.30. The average Bonchev–Trinajstić information content (AvgIpc) is 3.12. The Morgan fingerprint density at radius 1 is 0.760 bits per heavy atom. The Kier molecular flexibility index (Phi) is 5.12. The number of ketones is 4. The molecule has 0 fully saturated rings. The lowest BCUT2D eigenvalue weighted by Crippen LogP contribution is -2.11. The van der Waals surface area contributed by atoms with Crippen LogP contribution >= 0.6 is 0 Å². The number of allylic oxidation sites excluding steroid dienone is 12. The van der Waals surface area contributed by atoms with E-state index < -0.39 is 0 Å². The molecule has 0 saturated carbocycles. The van der Waals surface area contributed by atoms with E-state index in [9.17, 15) is 19.2 Å². The highest BCUT2D eigenvalue weighted by atomic mass is 16.1. The summed E-state index contributed by atoms with van der Waals surface area (Å²) in [7, 11) is 0. The van der Waals surface area contributed by atoms with Crippen LogP contribution in [-0.2, 0) is 19.2 Å². The molecular formula is C21H20O4. The molecule has 0 spiro atoms. The van der Waals surface area contributed by atoms with Gasteiger partial charge in [-0.3, -0.25) is 19.2 Å². The lowest BCUT2D eigenvalue weighted by Gasteiger charge is -2.07. The molecule has 0 aliphatic heterocycles. The van der Waals surface area contributed by atoms with Crippen molar-refractivity contribution in [3.63, 3.8) is 0 Å². The van der Waals surface area contributed by atoms with Crippen LogP contribution < -0.4 is 0 Å². The van der Waals surface area contributed by atoms with Crippen LogP contribution in [0.3, 0.4) is 0 Å². The van der Waals surface area contributed by atoms with E-state index in [0.717, 1.165) is 11.1 Å². The van der Waals surface area contributed by atoms with Gasteiger partial charge in [0.15, 0.2) is 23.1 Å². The SMILES string of the molecule is C.CC1=CC2=C(C1)C(=O)C=CC2=O.CC1=CCC2=C1C(=O)C=CC2=O. The van der Waals surface area contributed by atoms with Crippen molar-refractivity contribution >= 4 is 23.1 Å². The van der Waals surface area contributed by atoms with E-state index in [4.69, 9.17) is 0 Å². The summed E-state index contributed by atoms with van der Waals surface area (Å²) in [6.45, 7) is 3.80. The van der Waals surface area contributed by atoms with Crippen LogP contribution in [0.2, 0.25) is 0 Å².